The lowest BCUT2D eigenvalue weighted by molar-refractivity contribution is 0.249. The molecule has 2 nitrogen and oxygen atoms in total. The average Bonchev–Trinajstić information content (AvgIpc) is 2.80. The highest BCUT2D eigenvalue weighted by molar-refractivity contribution is 6.30. The molecule has 0 bridgehead atoms. The molecule has 0 aliphatic heterocycles. The van der Waals surface area contributed by atoms with E-state index in [1.807, 2.05) is 25.1 Å². The van der Waals surface area contributed by atoms with Gasteiger partial charge in [-0.25, -0.2) is 0 Å². The highest BCUT2D eigenvalue weighted by Crippen LogP contribution is 2.30. The minimum Gasteiger partial charge on any atom is -0.493 e. The zero-order chi connectivity index (χ0) is 12.3. The molecule has 94 valence electrons. The highest BCUT2D eigenvalue weighted by atomic mass is 35.5. The molecule has 0 unspecified atom stereocenters. The number of hydrogen-bond donors (Lipinski definition) is 1. The normalized spacial score (nSPS) is 18.3. The molecule has 1 aliphatic rings. The minimum atomic E-state index is -0.0488. The van der Waals surface area contributed by atoms with Crippen molar-refractivity contribution in [3.05, 3.63) is 28.8 Å². The Morgan fingerprint density at radius 2 is 2.12 bits per heavy atom. The third-order valence-corrected chi connectivity index (χ3v) is 3.65. The van der Waals surface area contributed by atoms with Crippen molar-refractivity contribution in [1.29, 1.82) is 0 Å². The second kappa shape index (κ2) is 5.74. The first kappa shape index (κ1) is 12.7. The van der Waals surface area contributed by atoms with E-state index in [4.69, 9.17) is 22.1 Å². The molecule has 17 heavy (non-hydrogen) atoms. The fraction of sp³-hybridized carbons (Fsp3) is 0.571. The average molecular weight is 254 g/mol. The second-order valence-corrected chi connectivity index (χ2v) is 5.37. The van der Waals surface area contributed by atoms with Gasteiger partial charge in [-0.05, 0) is 43.9 Å². The van der Waals surface area contributed by atoms with Crippen molar-refractivity contribution < 1.29 is 4.74 Å². The summed E-state index contributed by atoms with van der Waals surface area (Å²) in [7, 11) is 0. The summed E-state index contributed by atoms with van der Waals surface area (Å²) < 4.78 is 5.90. The van der Waals surface area contributed by atoms with Gasteiger partial charge in [0.25, 0.3) is 0 Å². The summed E-state index contributed by atoms with van der Waals surface area (Å²) in [5.74, 6) is 1.60. The smallest absolute Gasteiger partial charge is 0.124 e. The first-order valence-corrected chi connectivity index (χ1v) is 6.72. The Labute approximate surface area is 108 Å². The Morgan fingerprint density at radius 1 is 1.41 bits per heavy atom. The predicted molar refractivity (Wildman–Crippen MR) is 71.5 cm³/mol. The van der Waals surface area contributed by atoms with Crippen molar-refractivity contribution in [1.82, 2.24) is 0 Å². The molecule has 1 fully saturated rings. The zero-order valence-corrected chi connectivity index (χ0v) is 11.0. The predicted octanol–water partition coefficient (Wildman–Crippen LogP) is 3.93. The molecule has 3 heteroatoms. The molecular formula is C14H20ClNO. The van der Waals surface area contributed by atoms with Crippen LogP contribution in [-0.4, -0.2) is 6.61 Å². The van der Waals surface area contributed by atoms with Crippen LogP contribution in [0.25, 0.3) is 0 Å². The van der Waals surface area contributed by atoms with Crippen molar-refractivity contribution in [3.8, 4) is 5.75 Å². The summed E-state index contributed by atoms with van der Waals surface area (Å²) in [5, 5.41) is 0.713. The number of ether oxygens (including phenoxy) is 1. The fourth-order valence-corrected chi connectivity index (χ4v) is 2.57. The summed E-state index contributed by atoms with van der Waals surface area (Å²) in [5.41, 5.74) is 6.92. The number of rotatable bonds is 4. The van der Waals surface area contributed by atoms with E-state index in [-0.39, 0.29) is 6.04 Å². The lowest BCUT2D eigenvalue weighted by atomic mass is 10.1. The van der Waals surface area contributed by atoms with Gasteiger partial charge in [0.05, 0.1) is 6.61 Å². The topological polar surface area (TPSA) is 35.2 Å². The van der Waals surface area contributed by atoms with Crippen LogP contribution in [-0.2, 0) is 0 Å². The van der Waals surface area contributed by atoms with E-state index < -0.39 is 0 Å². The summed E-state index contributed by atoms with van der Waals surface area (Å²) in [4.78, 5) is 0. The quantitative estimate of drug-likeness (QED) is 0.883. The van der Waals surface area contributed by atoms with E-state index in [0.717, 1.165) is 17.9 Å². The number of halogens is 1. The van der Waals surface area contributed by atoms with Gasteiger partial charge in [0.15, 0.2) is 0 Å². The third kappa shape index (κ3) is 3.36. The molecule has 1 atom stereocenters. The first-order valence-electron chi connectivity index (χ1n) is 6.34. The summed E-state index contributed by atoms with van der Waals surface area (Å²) in [6.07, 6.45) is 5.27. The zero-order valence-electron chi connectivity index (χ0n) is 10.3. The van der Waals surface area contributed by atoms with Gasteiger partial charge >= 0.3 is 0 Å². The summed E-state index contributed by atoms with van der Waals surface area (Å²) in [6.45, 7) is 2.76. The Morgan fingerprint density at radius 3 is 2.76 bits per heavy atom. The van der Waals surface area contributed by atoms with E-state index in [1.54, 1.807) is 0 Å². The van der Waals surface area contributed by atoms with Crippen molar-refractivity contribution in [3.63, 3.8) is 0 Å². The molecule has 1 saturated carbocycles. The van der Waals surface area contributed by atoms with Gasteiger partial charge in [-0.1, -0.05) is 24.4 Å². The Balaban J connectivity index is 2.03. The standard InChI is InChI=1S/C14H20ClNO/c1-10(16)13-8-12(15)6-7-14(13)17-9-11-4-2-3-5-11/h6-8,10-11H,2-5,9,16H2,1H3/t10-/m1/s1. The van der Waals surface area contributed by atoms with Crippen molar-refractivity contribution in [2.75, 3.05) is 6.61 Å². The van der Waals surface area contributed by atoms with Crippen molar-refractivity contribution in [2.24, 2.45) is 11.7 Å². The van der Waals surface area contributed by atoms with E-state index in [0.29, 0.717) is 10.9 Å². The highest BCUT2D eigenvalue weighted by Gasteiger charge is 2.17. The van der Waals surface area contributed by atoms with Gasteiger partial charge in [0.2, 0.25) is 0 Å². The van der Waals surface area contributed by atoms with Crippen molar-refractivity contribution >= 4 is 11.6 Å². The maximum Gasteiger partial charge on any atom is 0.124 e. The van der Waals surface area contributed by atoms with E-state index in [9.17, 15) is 0 Å². The van der Waals surface area contributed by atoms with Crippen LogP contribution >= 0.6 is 11.6 Å². The number of hydrogen-bond acceptors (Lipinski definition) is 2. The van der Waals surface area contributed by atoms with Gasteiger partial charge in [0, 0.05) is 16.6 Å². The molecule has 0 saturated heterocycles. The second-order valence-electron chi connectivity index (χ2n) is 4.93. The Bertz CT molecular complexity index is 372. The first-order chi connectivity index (χ1) is 8.16. The van der Waals surface area contributed by atoms with E-state index in [2.05, 4.69) is 0 Å². The maximum absolute atomic E-state index is 5.98. The van der Waals surface area contributed by atoms with Gasteiger partial charge in [-0.2, -0.15) is 0 Å². The van der Waals surface area contributed by atoms with E-state index in [1.165, 1.54) is 25.7 Å². The lowest BCUT2D eigenvalue weighted by Gasteiger charge is -2.16. The van der Waals surface area contributed by atoms with Crippen LogP contribution in [0.15, 0.2) is 18.2 Å². The number of benzene rings is 1. The third-order valence-electron chi connectivity index (χ3n) is 3.41. The summed E-state index contributed by atoms with van der Waals surface area (Å²) >= 11 is 5.98. The molecule has 1 aliphatic carbocycles. The molecular weight excluding hydrogens is 234 g/mol. The monoisotopic (exact) mass is 253 g/mol. The molecule has 2 rings (SSSR count). The van der Waals surface area contributed by atoms with Crippen LogP contribution in [0.3, 0.4) is 0 Å². The van der Waals surface area contributed by atoms with Gasteiger partial charge < -0.3 is 10.5 Å². The minimum absolute atomic E-state index is 0.0488. The Kier molecular flexibility index (Phi) is 4.30. The largest absolute Gasteiger partial charge is 0.493 e. The van der Waals surface area contributed by atoms with Crippen LogP contribution in [0.4, 0.5) is 0 Å². The molecule has 0 heterocycles. The summed E-state index contributed by atoms with van der Waals surface area (Å²) in [6, 6.07) is 5.64. The molecule has 1 aromatic carbocycles. The number of nitrogens with two attached hydrogens (primary N) is 1. The van der Waals surface area contributed by atoms with Gasteiger partial charge in [0.1, 0.15) is 5.75 Å². The van der Waals surface area contributed by atoms with Crippen LogP contribution in [0.5, 0.6) is 5.75 Å². The maximum atomic E-state index is 5.98. The molecule has 1 aromatic rings. The van der Waals surface area contributed by atoms with Crippen LogP contribution in [0.2, 0.25) is 5.02 Å². The molecule has 0 aromatic heterocycles. The molecule has 2 N–H and O–H groups in total. The fourth-order valence-electron chi connectivity index (χ4n) is 2.39. The van der Waals surface area contributed by atoms with Gasteiger partial charge in [-0.15, -0.1) is 0 Å². The molecule has 0 spiro atoms. The lowest BCUT2D eigenvalue weighted by Crippen LogP contribution is -2.12. The molecule has 0 amide bonds. The SMILES string of the molecule is C[C@@H](N)c1cc(Cl)ccc1OCC1CCCC1. The van der Waals surface area contributed by atoms with Crippen LogP contribution < -0.4 is 10.5 Å². The van der Waals surface area contributed by atoms with Crippen molar-refractivity contribution in [2.45, 2.75) is 38.6 Å². The van der Waals surface area contributed by atoms with Crippen LogP contribution in [0.1, 0.15) is 44.2 Å². The molecule has 0 radical (unpaired) electrons. The van der Waals surface area contributed by atoms with E-state index >= 15 is 0 Å². The van der Waals surface area contributed by atoms with Crippen LogP contribution in [0, 0.1) is 5.92 Å². The van der Waals surface area contributed by atoms with Gasteiger partial charge in [-0.3, -0.25) is 0 Å². The Hall–Kier alpha value is -0.730.